The van der Waals surface area contributed by atoms with Crippen molar-refractivity contribution in [2.75, 3.05) is 7.05 Å². The molecule has 1 aliphatic heterocycles. The second-order valence-corrected chi connectivity index (χ2v) is 7.24. The van der Waals surface area contributed by atoms with Crippen LogP contribution in [0.25, 0.3) is 10.9 Å². The number of fused-ring (bicyclic) bond motifs is 1. The van der Waals surface area contributed by atoms with Crippen LogP contribution in [0.15, 0.2) is 23.2 Å². The summed E-state index contributed by atoms with van der Waals surface area (Å²) in [6.45, 7) is 6.39. The Balaban J connectivity index is 2.01. The van der Waals surface area contributed by atoms with Crippen LogP contribution in [0.1, 0.15) is 44.9 Å². The molecule has 0 spiro atoms. The summed E-state index contributed by atoms with van der Waals surface area (Å²) in [7, 11) is 1.66. The first-order valence-electron chi connectivity index (χ1n) is 8.39. The van der Waals surface area contributed by atoms with Gasteiger partial charge in [0.1, 0.15) is 0 Å². The number of rotatable bonds is 4. The van der Waals surface area contributed by atoms with Gasteiger partial charge in [-0.1, -0.05) is 19.9 Å². The van der Waals surface area contributed by atoms with Crippen molar-refractivity contribution in [3.63, 3.8) is 0 Å². The molecule has 3 rings (SSSR count). The summed E-state index contributed by atoms with van der Waals surface area (Å²) in [5.41, 5.74) is 8.36. The third-order valence-electron chi connectivity index (χ3n) is 4.80. The monoisotopic (exact) mass is 327 g/mol. The number of carbonyl (C=O) groups excluding carboxylic acids is 1. The van der Waals surface area contributed by atoms with E-state index >= 15 is 0 Å². The van der Waals surface area contributed by atoms with E-state index < -0.39 is 5.54 Å². The highest BCUT2D eigenvalue weighted by atomic mass is 16.2. The maximum atomic E-state index is 12.2. The number of H-pyrrole nitrogens is 1. The van der Waals surface area contributed by atoms with Gasteiger partial charge in [0.25, 0.3) is 0 Å². The van der Waals surface area contributed by atoms with Crippen LogP contribution < -0.4 is 5.73 Å². The van der Waals surface area contributed by atoms with E-state index in [1.54, 1.807) is 7.05 Å². The molecule has 0 radical (unpaired) electrons. The van der Waals surface area contributed by atoms with Crippen molar-refractivity contribution in [1.29, 1.82) is 0 Å². The van der Waals surface area contributed by atoms with E-state index in [4.69, 9.17) is 5.73 Å². The number of guanidine groups is 1. The van der Waals surface area contributed by atoms with Gasteiger partial charge in [0.2, 0.25) is 5.91 Å². The molecular weight excluding hydrogens is 302 g/mol. The van der Waals surface area contributed by atoms with Gasteiger partial charge in [-0.25, -0.2) is 4.99 Å². The fourth-order valence-corrected chi connectivity index (χ4v) is 3.10. The van der Waals surface area contributed by atoms with Crippen LogP contribution in [0.5, 0.6) is 0 Å². The molecule has 0 bridgehead atoms. The third-order valence-corrected chi connectivity index (χ3v) is 4.80. The van der Waals surface area contributed by atoms with Crippen molar-refractivity contribution < 1.29 is 4.79 Å². The van der Waals surface area contributed by atoms with Crippen LogP contribution in [0.2, 0.25) is 0 Å². The fourth-order valence-electron chi connectivity index (χ4n) is 3.10. The number of aryl methyl sites for hydroxylation is 1. The third kappa shape index (κ3) is 2.88. The molecule has 0 saturated heterocycles. The largest absolute Gasteiger partial charge is 0.369 e. The van der Waals surface area contributed by atoms with Gasteiger partial charge in [0.05, 0.1) is 17.5 Å². The average molecular weight is 327 g/mol. The van der Waals surface area contributed by atoms with Crippen LogP contribution in [0.3, 0.4) is 0 Å². The number of nitrogens with zero attached hydrogens (tertiary/aromatic N) is 3. The molecule has 1 aromatic heterocycles. The Bertz CT molecular complexity index is 807. The van der Waals surface area contributed by atoms with Crippen molar-refractivity contribution in [1.82, 2.24) is 15.1 Å². The van der Waals surface area contributed by atoms with Crippen molar-refractivity contribution in [2.45, 2.75) is 45.6 Å². The number of carbonyl (C=O) groups is 1. The Morgan fingerprint density at radius 3 is 2.83 bits per heavy atom. The molecule has 1 atom stereocenters. The molecule has 1 aromatic carbocycles. The number of hydrogen-bond acceptors (Lipinski definition) is 4. The molecule has 0 fully saturated rings. The van der Waals surface area contributed by atoms with E-state index in [0.29, 0.717) is 12.3 Å². The van der Waals surface area contributed by atoms with E-state index in [9.17, 15) is 4.79 Å². The lowest BCUT2D eigenvalue weighted by Crippen LogP contribution is -2.47. The van der Waals surface area contributed by atoms with Crippen LogP contribution >= 0.6 is 0 Å². The molecule has 2 heterocycles. The van der Waals surface area contributed by atoms with Gasteiger partial charge < -0.3 is 5.73 Å². The van der Waals surface area contributed by atoms with Gasteiger partial charge in [0, 0.05) is 18.1 Å². The molecule has 2 aromatic rings. The second kappa shape index (κ2) is 5.92. The summed E-state index contributed by atoms with van der Waals surface area (Å²) in [6.07, 6.45) is 2.38. The quantitative estimate of drug-likeness (QED) is 0.904. The number of benzene rings is 1. The molecule has 6 nitrogen and oxygen atoms in total. The molecule has 6 heteroatoms. The predicted molar refractivity (Wildman–Crippen MR) is 95.6 cm³/mol. The normalized spacial score (nSPS) is 21.6. The Labute approximate surface area is 142 Å². The minimum atomic E-state index is -0.631. The smallest absolute Gasteiger partial charge is 0.231 e. The fraction of sp³-hybridized carbons (Fsp3) is 0.500. The highest BCUT2D eigenvalue weighted by Crippen LogP contribution is 2.34. The van der Waals surface area contributed by atoms with Crippen molar-refractivity contribution >= 4 is 22.8 Å². The molecule has 0 aliphatic carbocycles. The van der Waals surface area contributed by atoms with Crippen LogP contribution in [0.4, 0.5) is 0 Å². The lowest BCUT2D eigenvalue weighted by atomic mass is 9.86. The molecule has 1 amide bonds. The SMILES string of the molecule is CC(C)CCc1[nH]nc2ccc([C@]3(C)CC(=O)N(C)C(N)=N3)cc12. The Kier molecular flexibility index (Phi) is 4.07. The Morgan fingerprint density at radius 2 is 2.17 bits per heavy atom. The van der Waals surface area contributed by atoms with Gasteiger partial charge in [-0.2, -0.15) is 5.10 Å². The van der Waals surface area contributed by atoms with Gasteiger partial charge in [-0.3, -0.25) is 14.8 Å². The zero-order valence-electron chi connectivity index (χ0n) is 14.8. The van der Waals surface area contributed by atoms with Gasteiger partial charge >= 0.3 is 0 Å². The summed E-state index contributed by atoms with van der Waals surface area (Å²) in [5, 5.41) is 8.64. The Morgan fingerprint density at radius 1 is 1.42 bits per heavy atom. The summed E-state index contributed by atoms with van der Waals surface area (Å²) in [4.78, 5) is 18.2. The van der Waals surface area contributed by atoms with E-state index in [1.165, 1.54) is 4.90 Å². The maximum absolute atomic E-state index is 12.2. The molecule has 1 aliphatic rings. The first kappa shape index (κ1) is 16.5. The summed E-state index contributed by atoms with van der Waals surface area (Å²) in [5.74, 6) is 0.887. The van der Waals surface area contributed by atoms with Crippen LogP contribution in [0, 0.1) is 5.92 Å². The Hall–Kier alpha value is -2.37. The molecule has 128 valence electrons. The average Bonchev–Trinajstić information content (AvgIpc) is 2.93. The number of hydrogen-bond donors (Lipinski definition) is 2. The predicted octanol–water partition coefficient (Wildman–Crippen LogP) is 2.54. The standard InChI is InChI=1S/C18H25N5O/c1-11(2)5-7-14-13-9-12(6-8-15(13)22-21-14)18(3)10-16(24)23(4)17(19)20-18/h6,8-9,11H,5,7,10H2,1-4H3,(H2,19,20)(H,21,22)/t18-/m0/s1. The van der Waals surface area contributed by atoms with Gasteiger partial charge in [-0.05, 0) is 43.4 Å². The van der Waals surface area contributed by atoms with Gasteiger partial charge in [-0.15, -0.1) is 0 Å². The minimum absolute atomic E-state index is 0.0164. The minimum Gasteiger partial charge on any atom is -0.369 e. The molecule has 0 unspecified atom stereocenters. The molecule has 3 N–H and O–H groups in total. The molecular formula is C18H25N5O. The van der Waals surface area contributed by atoms with E-state index in [0.717, 1.165) is 35.0 Å². The number of aliphatic imine (C=N–C) groups is 1. The topological polar surface area (TPSA) is 87.4 Å². The number of aromatic amines is 1. The first-order valence-corrected chi connectivity index (χ1v) is 8.39. The highest BCUT2D eigenvalue weighted by molar-refractivity contribution is 5.99. The van der Waals surface area contributed by atoms with Crippen molar-refractivity contribution in [3.8, 4) is 0 Å². The maximum Gasteiger partial charge on any atom is 0.231 e. The van der Waals surface area contributed by atoms with Gasteiger partial charge in [0.15, 0.2) is 5.96 Å². The number of nitrogens with two attached hydrogens (primary N) is 1. The number of aromatic nitrogens is 2. The highest BCUT2D eigenvalue weighted by Gasteiger charge is 2.36. The van der Waals surface area contributed by atoms with E-state index in [2.05, 4.69) is 35.1 Å². The lowest BCUT2D eigenvalue weighted by molar-refractivity contribution is -0.128. The number of nitrogens with one attached hydrogen (secondary N) is 1. The summed E-state index contributed by atoms with van der Waals surface area (Å²) < 4.78 is 0. The molecule has 24 heavy (non-hydrogen) atoms. The van der Waals surface area contributed by atoms with Crippen molar-refractivity contribution in [3.05, 3.63) is 29.5 Å². The van der Waals surface area contributed by atoms with E-state index in [-0.39, 0.29) is 11.9 Å². The summed E-state index contributed by atoms with van der Waals surface area (Å²) in [6, 6.07) is 6.08. The van der Waals surface area contributed by atoms with Crippen LogP contribution in [-0.4, -0.2) is 34.0 Å². The summed E-state index contributed by atoms with van der Waals surface area (Å²) >= 11 is 0. The second-order valence-electron chi connectivity index (χ2n) is 7.24. The molecule has 0 saturated carbocycles. The van der Waals surface area contributed by atoms with E-state index in [1.807, 2.05) is 19.1 Å². The first-order chi connectivity index (χ1) is 11.3. The zero-order valence-corrected chi connectivity index (χ0v) is 14.8. The number of amides is 1. The van der Waals surface area contributed by atoms with Crippen LogP contribution in [-0.2, 0) is 16.8 Å². The zero-order chi connectivity index (χ0) is 17.5. The van der Waals surface area contributed by atoms with Crippen molar-refractivity contribution in [2.24, 2.45) is 16.6 Å². The lowest BCUT2D eigenvalue weighted by Gasteiger charge is -2.33.